The molecule has 1 unspecified atom stereocenters. The van der Waals surface area contributed by atoms with Gasteiger partial charge in [0.2, 0.25) is 0 Å². The van der Waals surface area contributed by atoms with Crippen molar-refractivity contribution in [1.29, 1.82) is 0 Å². The zero-order valence-electron chi connectivity index (χ0n) is 13.3. The molecule has 10 heteroatoms. The van der Waals surface area contributed by atoms with Gasteiger partial charge in [0.1, 0.15) is 6.04 Å². The third-order valence-electron chi connectivity index (χ3n) is 3.10. The first-order chi connectivity index (χ1) is 12.3. The van der Waals surface area contributed by atoms with Gasteiger partial charge in [-0.05, 0) is 31.2 Å². The number of esters is 1. The summed E-state index contributed by atoms with van der Waals surface area (Å²) in [7, 11) is 0. The van der Waals surface area contributed by atoms with Gasteiger partial charge in [-0.3, -0.25) is 9.59 Å². The summed E-state index contributed by atoms with van der Waals surface area (Å²) < 4.78 is 48.8. The Bertz CT molecular complexity index is 824. The summed E-state index contributed by atoms with van der Waals surface area (Å²) in [6.07, 6.45) is 1.28. The van der Waals surface area contributed by atoms with Crippen molar-refractivity contribution in [1.82, 2.24) is 5.32 Å². The first-order valence-corrected chi connectivity index (χ1v) is 7.24. The normalized spacial score (nSPS) is 11.5. The Kier molecular flexibility index (Phi) is 5.99. The van der Waals surface area contributed by atoms with Crippen LogP contribution in [-0.4, -0.2) is 30.4 Å². The third kappa shape index (κ3) is 4.62. The number of carbonyl (C=O) groups is 3. The SMILES string of the molecule is CC(NC(=O)c1ccco1)C(=O)OCC(=O)Nc1ccc(F)c(F)c1F. The third-order valence-corrected chi connectivity index (χ3v) is 3.10. The summed E-state index contributed by atoms with van der Waals surface area (Å²) in [6, 6.07) is 3.23. The molecule has 0 saturated heterocycles. The second kappa shape index (κ2) is 8.19. The fourth-order valence-corrected chi connectivity index (χ4v) is 1.80. The highest BCUT2D eigenvalue weighted by molar-refractivity contribution is 5.95. The number of furan rings is 1. The lowest BCUT2D eigenvalue weighted by molar-refractivity contribution is -0.148. The quantitative estimate of drug-likeness (QED) is 0.599. The average molecular weight is 370 g/mol. The number of amides is 2. The van der Waals surface area contributed by atoms with Crippen LogP contribution in [0.1, 0.15) is 17.5 Å². The van der Waals surface area contributed by atoms with Crippen LogP contribution in [0.2, 0.25) is 0 Å². The minimum absolute atomic E-state index is 0.0174. The molecule has 2 aromatic rings. The fourth-order valence-electron chi connectivity index (χ4n) is 1.80. The predicted octanol–water partition coefficient (Wildman–Crippen LogP) is 2.00. The van der Waals surface area contributed by atoms with Crippen LogP contribution in [0.4, 0.5) is 18.9 Å². The van der Waals surface area contributed by atoms with E-state index >= 15 is 0 Å². The Morgan fingerprint density at radius 3 is 2.54 bits per heavy atom. The molecular weight excluding hydrogens is 357 g/mol. The second-order valence-electron chi connectivity index (χ2n) is 5.05. The summed E-state index contributed by atoms with van der Waals surface area (Å²) in [5, 5.41) is 4.22. The van der Waals surface area contributed by atoms with Crippen LogP contribution in [0.15, 0.2) is 34.9 Å². The van der Waals surface area contributed by atoms with Gasteiger partial charge in [-0.2, -0.15) is 0 Å². The molecule has 138 valence electrons. The maximum absolute atomic E-state index is 13.4. The van der Waals surface area contributed by atoms with Gasteiger partial charge < -0.3 is 19.8 Å². The highest BCUT2D eigenvalue weighted by Gasteiger charge is 2.21. The number of hydrogen-bond acceptors (Lipinski definition) is 5. The van der Waals surface area contributed by atoms with Crippen LogP contribution in [0.5, 0.6) is 0 Å². The molecule has 0 aliphatic rings. The number of nitrogens with one attached hydrogen (secondary N) is 2. The topological polar surface area (TPSA) is 97.6 Å². The van der Waals surface area contributed by atoms with Crippen molar-refractivity contribution in [2.24, 2.45) is 0 Å². The number of halogens is 3. The number of ether oxygens (including phenoxy) is 1. The largest absolute Gasteiger partial charge is 0.459 e. The van der Waals surface area contributed by atoms with Gasteiger partial charge in [-0.25, -0.2) is 18.0 Å². The van der Waals surface area contributed by atoms with Crippen molar-refractivity contribution in [3.8, 4) is 0 Å². The summed E-state index contributed by atoms with van der Waals surface area (Å²) >= 11 is 0. The van der Waals surface area contributed by atoms with Crippen molar-refractivity contribution in [3.63, 3.8) is 0 Å². The van der Waals surface area contributed by atoms with Gasteiger partial charge in [-0.1, -0.05) is 0 Å². The summed E-state index contributed by atoms with van der Waals surface area (Å²) in [6.45, 7) is 0.494. The van der Waals surface area contributed by atoms with E-state index in [0.717, 1.165) is 6.07 Å². The Morgan fingerprint density at radius 1 is 1.15 bits per heavy atom. The minimum atomic E-state index is -1.74. The molecule has 0 bridgehead atoms. The molecule has 2 amide bonds. The van der Waals surface area contributed by atoms with Crippen LogP contribution in [-0.2, 0) is 14.3 Å². The monoisotopic (exact) mass is 370 g/mol. The van der Waals surface area contributed by atoms with E-state index in [2.05, 4.69) is 10.1 Å². The van der Waals surface area contributed by atoms with Crippen LogP contribution in [0, 0.1) is 17.5 Å². The Labute approximate surface area is 145 Å². The van der Waals surface area contributed by atoms with E-state index < -0.39 is 53.6 Å². The van der Waals surface area contributed by atoms with Crippen LogP contribution in [0.25, 0.3) is 0 Å². The number of carbonyl (C=O) groups excluding carboxylic acids is 3. The lowest BCUT2D eigenvalue weighted by atomic mass is 10.3. The molecular formula is C16H13F3N2O5. The Hall–Kier alpha value is -3.30. The predicted molar refractivity (Wildman–Crippen MR) is 81.5 cm³/mol. The summed E-state index contributed by atoms with van der Waals surface area (Å²) in [5.41, 5.74) is -0.607. The Balaban J connectivity index is 1.84. The van der Waals surface area contributed by atoms with Gasteiger partial charge >= 0.3 is 5.97 Å². The number of hydrogen-bond donors (Lipinski definition) is 2. The van der Waals surface area contributed by atoms with Gasteiger partial charge in [0, 0.05) is 0 Å². The molecule has 2 N–H and O–H groups in total. The molecule has 0 aliphatic heterocycles. The molecule has 2 rings (SSSR count). The van der Waals surface area contributed by atoms with Crippen LogP contribution in [0.3, 0.4) is 0 Å². The molecule has 0 fully saturated rings. The fraction of sp³-hybridized carbons (Fsp3) is 0.188. The molecule has 1 atom stereocenters. The van der Waals surface area contributed by atoms with Crippen molar-refractivity contribution in [2.75, 3.05) is 11.9 Å². The minimum Gasteiger partial charge on any atom is -0.459 e. The van der Waals surface area contributed by atoms with Gasteiger partial charge in [0.05, 0.1) is 12.0 Å². The zero-order chi connectivity index (χ0) is 19.3. The standard InChI is InChI=1S/C16H13F3N2O5/c1-8(20-15(23)11-3-2-6-25-11)16(24)26-7-12(22)21-10-5-4-9(17)13(18)14(10)19/h2-6,8H,7H2,1H3,(H,20,23)(H,21,22). The van der Waals surface area contributed by atoms with Crippen molar-refractivity contribution in [2.45, 2.75) is 13.0 Å². The van der Waals surface area contributed by atoms with E-state index in [-0.39, 0.29) is 5.76 Å². The van der Waals surface area contributed by atoms with E-state index in [1.54, 1.807) is 0 Å². The maximum atomic E-state index is 13.4. The highest BCUT2D eigenvalue weighted by Crippen LogP contribution is 2.19. The van der Waals surface area contributed by atoms with E-state index in [9.17, 15) is 27.6 Å². The lowest BCUT2D eigenvalue weighted by Crippen LogP contribution is -2.40. The van der Waals surface area contributed by atoms with E-state index in [1.165, 1.54) is 25.3 Å². The molecule has 1 aromatic carbocycles. The smallest absolute Gasteiger partial charge is 0.328 e. The summed E-state index contributed by atoms with van der Waals surface area (Å²) in [4.78, 5) is 35.1. The van der Waals surface area contributed by atoms with Crippen molar-refractivity contribution < 1.29 is 36.7 Å². The molecule has 0 spiro atoms. The first-order valence-electron chi connectivity index (χ1n) is 7.24. The molecule has 1 aromatic heterocycles. The van der Waals surface area contributed by atoms with Gasteiger partial charge in [0.25, 0.3) is 11.8 Å². The molecule has 0 saturated carbocycles. The van der Waals surface area contributed by atoms with E-state index in [4.69, 9.17) is 4.42 Å². The summed E-state index contributed by atoms with van der Waals surface area (Å²) in [5.74, 6) is -7.33. The lowest BCUT2D eigenvalue weighted by Gasteiger charge is -2.13. The highest BCUT2D eigenvalue weighted by atomic mass is 19.2. The van der Waals surface area contributed by atoms with E-state index in [0.29, 0.717) is 6.07 Å². The van der Waals surface area contributed by atoms with E-state index in [1.807, 2.05) is 5.32 Å². The van der Waals surface area contributed by atoms with Crippen LogP contribution >= 0.6 is 0 Å². The molecule has 26 heavy (non-hydrogen) atoms. The molecule has 1 heterocycles. The van der Waals surface area contributed by atoms with Crippen LogP contribution < -0.4 is 10.6 Å². The van der Waals surface area contributed by atoms with Crippen molar-refractivity contribution in [3.05, 3.63) is 53.7 Å². The zero-order valence-corrected chi connectivity index (χ0v) is 13.3. The average Bonchev–Trinajstić information content (AvgIpc) is 3.15. The number of benzene rings is 1. The maximum Gasteiger partial charge on any atom is 0.328 e. The Morgan fingerprint density at radius 2 is 1.88 bits per heavy atom. The number of rotatable bonds is 6. The molecule has 0 radical (unpaired) electrons. The first kappa shape index (κ1) is 19.0. The number of anilines is 1. The molecule has 0 aliphatic carbocycles. The van der Waals surface area contributed by atoms with Crippen molar-refractivity contribution >= 4 is 23.5 Å². The second-order valence-corrected chi connectivity index (χ2v) is 5.05. The van der Waals surface area contributed by atoms with Gasteiger partial charge in [-0.15, -0.1) is 0 Å². The molecule has 7 nitrogen and oxygen atoms in total. The van der Waals surface area contributed by atoms with Gasteiger partial charge in [0.15, 0.2) is 29.8 Å².